The Kier molecular flexibility index (Phi) is 3.39. The van der Waals surface area contributed by atoms with E-state index in [1.54, 1.807) is 12.1 Å². The second kappa shape index (κ2) is 5.20. The molecule has 1 nitrogen and oxygen atoms in total. The van der Waals surface area contributed by atoms with Crippen molar-refractivity contribution in [1.82, 2.24) is 0 Å². The fourth-order valence-electron chi connectivity index (χ4n) is 2.61. The summed E-state index contributed by atoms with van der Waals surface area (Å²) >= 11 is 0. The number of ketones is 1. The van der Waals surface area contributed by atoms with Gasteiger partial charge in [-0.25, -0.2) is 4.39 Å². The fourth-order valence-corrected chi connectivity index (χ4v) is 2.61. The van der Waals surface area contributed by atoms with Crippen LogP contribution in [0.4, 0.5) is 4.39 Å². The minimum Gasteiger partial charge on any atom is -0.288 e. The molecule has 3 rings (SSSR count). The SMILES string of the molecule is Cc1ccc(C(=O)c2ccc(C3CCC3)cc2)c(F)c1. The summed E-state index contributed by atoms with van der Waals surface area (Å²) in [5.74, 6) is -0.0454. The lowest BCUT2D eigenvalue weighted by atomic mass is 9.80. The first-order valence-corrected chi connectivity index (χ1v) is 7.06. The summed E-state index contributed by atoms with van der Waals surface area (Å²) in [6.07, 6.45) is 3.76. The van der Waals surface area contributed by atoms with Crippen LogP contribution in [0.2, 0.25) is 0 Å². The van der Waals surface area contributed by atoms with Gasteiger partial charge in [-0.2, -0.15) is 0 Å². The zero-order chi connectivity index (χ0) is 14.1. The van der Waals surface area contributed by atoms with E-state index in [0.29, 0.717) is 11.5 Å². The fraction of sp³-hybridized carbons (Fsp3) is 0.278. The topological polar surface area (TPSA) is 17.1 Å². The van der Waals surface area contributed by atoms with E-state index in [9.17, 15) is 9.18 Å². The van der Waals surface area contributed by atoms with Crippen molar-refractivity contribution in [3.63, 3.8) is 0 Å². The quantitative estimate of drug-likeness (QED) is 0.741. The zero-order valence-electron chi connectivity index (χ0n) is 11.5. The van der Waals surface area contributed by atoms with Gasteiger partial charge in [0, 0.05) is 5.56 Å². The van der Waals surface area contributed by atoms with Gasteiger partial charge in [0.2, 0.25) is 0 Å². The van der Waals surface area contributed by atoms with E-state index < -0.39 is 5.82 Å². The van der Waals surface area contributed by atoms with Crippen LogP contribution in [0.5, 0.6) is 0 Å². The molecule has 0 aliphatic heterocycles. The molecule has 0 unspecified atom stereocenters. The van der Waals surface area contributed by atoms with E-state index in [1.807, 2.05) is 31.2 Å². The van der Waals surface area contributed by atoms with E-state index in [0.717, 1.165) is 5.56 Å². The third-order valence-electron chi connectivity index (χ3n) is 4.12. The second-order valence-corrected chi connectivity index (χ2v) is 5.56. The molecule has 2 heteroatoms. The van der Waals surface area contributed by atoms with E-state index in [1.165, 1.54) is 30.9 Å². The molecule has 0 heterocycles. The average Bonchev–Trinajstić information content (AvgIpc) is 2.37. The standard InChI is InChI=1S/C18H17FO/c1-12-5-10-16(17(19)11-12)18(20)15-8-6-14(7-9-15)13-3-2-4-13/h5-11,13H,2-4H2,1H3. The summed E-state index contributed by atoms with van der Waals surface area (Å²) < 4.78 is 13.8. The maximum atomic E-state index is 13.8. The maximum Gasteiger partial charge on any atom is 0.195 e. The Labute approximate surface area is 118 Å². The average molecular weight is 268 g/mol. The summed E-state index contributed by atoms with van der Waals surface area (Å²) in [7, 11) is 0. The molecule has 2 aromatic rings. The number of carbonyl (C=O) groups excluding carboxylic acids is 1. The van der Waals surface area contributed by atoms with E-state index in [-0.39, 0.29) is 11.3 Å². The number of carbonyl (C=O) groups is 1. The Morgan fingerprint density at radius 3 is 2.35 bits per heavy atom. The minimum atomic E-state index is -0.446. The van der Waals surface area contributed by atoms with Crippen molar-refractivity contribution >= 4 is 5.78 Å². The highest BCUT2D eigenvalue weighted by Gasteiger charge is 2.20. The van der Waals surface area contributed by atoms with Crippen LogP contribution >= 0.6 is 0 Å². The van der Waals surface area contributed by atoms with Crippen molar-refractivity contribution in [3.8, 4) is 0 Å². The first kappa shape index (κ1) is 13.0. The van der Waals surface area contributed by atoms with Crippen LogP contribution in [0, 0.1) is 12.7 Å². The van der Waals surface area contributed by atoms with Gasteiger partial charge in [0.05, 0.1) is 5.56 Å². The highest BCUT2D eigenvalue weighted by molar-refractivity contribution is 6.09. The van der Waals surface area contributed by atoms with Gasteiger partial charge in [-0.15, -0.1) is 0 Å². The molecule has 1 saturated carbocycles. The van der Waals surface area contributed by atoms with Crippen LogP contribution in [0.25, 0.3) is 0 Å². The third kappa shape index (κ3) is 2.38. The lowest BCUT2D eigenvalue weighted by Gasteiger charge is -2.25. The summed E-state index contributed by atoms with van der Waals surface area (Å²) in [4.78, 5) is 12.3. The normalized spacial score (nSPS) is 14.9. The largest absolute Gasteiger partial charge is 0.288 e. The molecule has 0 saturated heterocycles. The molecule has 20 heavy (non-hydrogen) atoms. The molecule has 0 radical (unpaired) electrons. The molecule has 0 aromatic heterocycles. The lowest BCUT2D eigenvalue weighted by Crippen LogP contribution is -2.09. The van der Waals surface area contributed by atoms with E-state index >= 15 is 0 Å². The van der Waals surface area contributed by atoms with Crippen LogP contribution in [0.1, 0.15) is 52.2 Å². The van der Waals surface area contributed by atoms with Crippen molar-refractivity contribution in [3.05, 3.63) is 70.5 Å². The zero-order valence-corrected chi connectivity index (χ0v) is 11.5. The van der Waals surface area contributed by atoms with Gasteiger partial charge in [-0.3, -0.25) is 4.79 Å². The first-order chi connectivity index (χ1) is 9.65. The van der Waals surface area contributed by atoms with Gasteiger partial charge in [-0.1, -0.05) is 36.8 Å². The summed E-state index contributed by atoms with van der Waals surface area (Å²) in [5, 5.41) is 0. The van der Waals surface area contributed by atoms with Crippen molar-refractivity contribution in [2.24, 2.45) is 0 Å². The summed E-state index contributed by atoms with van der Waals surface area (Å²) in [6, 6.07) is 12.4. The van der Waals surface area contributed by atoms with Gasteiger partial charge in [0.25, 0.3) is 0 Å². The Hall–Kier alpha value is -1.96. The number of rotatable bonds is 3. The lowest BCUT2D eigenvalue weighted by molar-refractivity contribution is 0.103. The first-order valence-electron chi connectivity index (χ1n) is 7.06. The van der Waals surface area contributed by atoms with Gasteiger partial charge < -0.3 is 0 Å². The Balaban J connectivity index is 1.86. The molecule has 1 aliphatic carbocycles. The molecule has 102 valence electrons. The molecular weight excluding hydrogens is 251 g/mol. The molecule has 0 N–H and O–H groups in total. The number of aryl methyl sites for hydroxylation is 1. The Bertz CT molecular complexity index is 639. The second-order valence-electron chi connectivity index (χ2n) is 5.56. The molecule has 0 amide bonds. The van der Waals surface area contributed by atoms with Crippen molar-refractivity contribution < 1.29 is 9.18 Å². The third-order valence-corrected chi connectivity index (χ3v) is 4.12. The van der Waals surface area contributed by atoms with Crippen molar-refractivity contribution in [1.29, 1.82) is 0 Å². The molecular formula is C18H17FO. The Morgan fingerprint density at radius 1 is 1.10 bits per heavy atom. The number of benzene rings is 2. The smallest absolute Gasteiger partial charge is 0.195 e. The van der Waals surface area contributed by atoms with Crippen LogP contribution in [-0.2, 0) is 0 Å². The van der Waals surface area contributed by atoms with Crippen molar-refractivity contribution in [2.75, 3.05) is 0 Å². The van der Waals surface area contributed by atoms with E-state index in [2.05, 4.69) is 0 Å². The van der Waals surface area contributed by atoms with Crippen LogP contribution in [-0.4, -0.2) is 5.78 Å². The monoisotopic (exact) mass is 268 g/mol. The molecule has 2 aromatic carbocycles. The van der Waals surface area contributed by atoms with Gasteiger partial charge in [0.15, 0.2) is 5.78 Å². The molecule has 1 aliphatic rings. The Morgan fingerprint density at radius 2 is 1.80 bits per heavy atom. The van der Waals surface area contributed by atoms with Gasteiger partial charge in [0.1, 0.15) is 5.82 Å². The number of hydrogen-bond donors (Lipinski definition) is 0. The predicted molar refractivity (Wildman–Crippen MR) is 77.6 cm³/mol. The molecule has 0 spiro atoms. The minimum absolute atomic E-state index is 0.145. The van der Waals surface area contributed by atoms with Crippen molar-refractivity contribution in [2.45, 2.75) is 32.1 Å². The van der Waals surface area contributed by atoms with Crippen LogP contribution in [0.15, 0.2) is 42.5 Å². The van der Waals surface area contributed by atoms with Gasteiger partial charge >= 0.3 is 0 Å². The molecule has 1 fully saturated rings. The molecule has 0 atom stereocenters. The van der Waals surface area contributed by atoms with E-state index in [4.69, 9.17) is 0 Å². The summed E-state index contributed by atoms with van der Waals surface area (Å²) in [6.45, 7) is 1.81. The molecule has 0 bridgehead atoms. The summed E-state index contributed by atoms with van der Waals surface area (Å²) in [5.41, 5.74) is 2.80. The number of hydrogen-bond acceptors (Lipinski definition) is 1. The predicted octanol–water partition coefficient (Wildman–Crippen LogP) is 4.63. The van der Waals surface area contributed by atoms with Gasteiger partial charge in [-0.05, 0) is 48.9 Å². The maximum absolute atomic E-state index is 13.8. The number of halogens is 1. The highest BCUT2D eigenvalue weighted by atomic mass is 19.1. The van der Waals surface area contributed by atoms with Crippen LogP contribution < -0.4 is 0 Å². The van der Waals surface area contributed by atoms with Crippen LogP contribution in [0.3, 0.4) is 0 Å². The highest BCUT2D eigenvalue weighted by Crippen LogP contribution is 2.36.